The fourth-order valence-electron chi connectivity index (χ4n) is 0.686. The number of aromatic nitrogens is 3. The van der Waals surface area contributed by atoms with E-state index in [2.05, 4.69) is 20.3 Å². The summed E-state index contributed by atoms with van der Waals surface area (Å²) in [5.41, 5.74) is 5.31. The number of rotatable bonds is 4. The van der Waals surface area contributed by atoms with E-state index in [0.717, 1.165) is 0 Å². The number of nitrogens with zero attached hydrogens (tertiary/aromatic N) is 3. The fourth-order valence-corrected chi connectivity index (χ4v) is 1.25. The van der Waals surface area contributed by atoms with E-state index in [1.165, 1.54) is 11.8 Å². The van der Waals surface area contributed by atoms with Gasteiger partial charge < -0.3 is 11.1 Å². The molecule has 0 saturated heterocycles. The summed E-state index contributed by atoms with van der Waals surface area (Å²) in [7, 11) is 0. The predicted octanol–water partition coefficient (Wildman–Crippen LogP) is 0.617. The zero-order chi connectivity index (χ0) is 9.68. The van der Waals surface area contributed by atoms with E-state index in [1.807, 2.05) is 6.26 Å². The van der Waals surface area contributed by atoms with Gasteiger partial charge in [-0.05, 0) is 17.9 Å². The van der Waals surface area contributed by atoms with Gasteiger partial charge in [0.1, 0.15) is 0 Å². The molecule has 1 aromatic rings. The van der Waals surface area contributed by atoms with Crippen LogP contribution in [-0.2, 0) is 0 Å². The van der Waals surface area contributed by atoms with E-state index in [-0.39, 0.29) is 5.28 Å². The van der Waals surface area contributed by atoms with Crippen LogP contribution in [0.25, 0.3) is 0 Å². The number of hydrogen-bond donors (Lipinski definition) is 2. The Balaban J connectivity index is 2.76. The summed E-state index contributed by atoms with van der Waals surface area (Å²) in [5.74, 6) is 0.467. The van der Waals surface area contributed by atoms with Gasteiger partial charge in [-0.25, -0.2) is 0 Å². The average molecular weight is 220 g/mol. The molecule has 0 spiro atoms. The van der Waals surface area contributed by atoms with Crippen molar-refractivity contribution in [3.63, 3.8) is 0 Å². The van der Waals surface area contributed by atoms with Crippen molar-refractivity contribution in [1.29, 1.82) is 0 Å². The minimum atomic E-state index is 0.193. The fraction of sp³-hybridized carbons (Fsp3) is 0.500. The molecule has 0 bridgehead atoms. The van der Waals surface area contributed by atoms with Crippen molar-refractivity contribution >= 4 is 29.3 Å². The van der Waals surface area contributed by atoms with Gasteiger partial charge in [-0.15, -0.1) is 0 Å². The molecule has 0 atom stereocenters. The zero-order valence-corrected chi connectivity index (χ0v) is 8.69. The Morgan fingerprint density at radius 2 is 2.23 bits per heavy atom. The van der Waals surface area contributed by atoms with Crippen molar-refractivity contribution < 1.29 is 0 Å². The predicted molar refractivity (Wildman–Crippen MR) is 54.2 cm³/mol. The molecule has 5 nitrogen and oxygen atoms in total. The molecule has 1 aromatic heterocycles. The summed E-state index contributed by atoms with van der Waals surface area (Å²) in [6.45, 7) is 1.14. The Morgan fingerprint density at radius 1 is 1.46 bits per heavy atom. The maximum atomic E-state index is 5.66. The van der Waals surface area contributed by atoms with Crippen LogP contribution in [0.3, 0.4) is 0 Å². The Morgan fingerprint density at radius 3 is 2.85 bits per heavy atom. The molecular formula is C6H10ClN5S. The topological polar surface area (TPSA) is 76.7 Å². The lowest BCUT2D eigenvalue weighted by molar-refractivity contribution is 0.889. The summed E-state index contributed by atoms with van der Waals surface area (Å²) < 4.78 is 0. The Kier molecular flexibility index (Phi) is 4.20. The van der Waals surface area contributed by atoms with E-state index in [0.29, 0.717) is 24.2 Å². The first-order chi connectivity index (χ1) is 6.26. The van der Waals surface area contributed by atoms with Gasteiger partial charge in [0.25, 0.3) is 0 Å². The molecule has 0 aliphatic carbocycles. The lowest BCUT2D eigenvalue weighted by atomic mass is 10.6. The maximum Gasteiger partial charge on any atom is 0.228 e. The molecule has 1 rings (SSSR count). The maximum absolute atomic E-state index is 5.66. The number of halogens is 1. The van der Waals surface area contributed by atoms with Crippen molar-refractivity contribution in [1.82, 2.24) is 15.0 Å². The highest BCUT2D eigenvalue weighted by Gasteiger charge is 2.02. The first-order valence-electron chi connectivity index (χ1n) is 3.65. The number of nitrogens with one attached hydrogen (secondary N) is 1. The minimum absolute atomic E-state index is 0.193. The molecule has 7 heteroatoms. The molecule has 1 heterocycles. The Labute approximate surface area is 85.5 Å². The van der Waals surface area contributed by atoms with Crippen molar-refractivity contribution in [3.8, 4) is 0 Å². The molecule has 0 fully saturated rings. The second-order valence-electron chi connectivity index (χ2n) is 2.13. The van der Waals surface area contributed by atoms with Crippen molar-refractivity contribution in [2.45, 2.75) is 5.16 Å². The van der Waals surface area contributed by atoms with E-state index in [9.17, 15) is 0 Å². The molecule has 0 amide bonds. The summed E-state index contributed by atoms with van der Waals surface area (Å²) in [5, 5.41) is 3.72. The first kappa shape index (κ1) is 10.5. The van der Waals surface area contributed by atoms with Gasteiger partial charge in [-0.3, -0.25) is 0 Å². The van der Waals surface area contributed by atoms with Gasteiger partial charge in [0.15, 0.2) is 5.16 Å². The van der Waals surface area contributed by atoms with E-state index < -0.39 is 0 Å². The van der Waals surface area contributed by atoms with Gasteiger partial charge in [0.05, 0.1) is 0 Å². The van der Waals surface area contributed by atoms with Crippen LogP contribution in [0.2, 0.25) is 5.28 Å². The summed E-state index contributed by atoms with van der Waals surface area (Å²) in [6, 6.07) is 0. The van der Waals surface area contributed by atoms with Crippen LogP contribution >= 0.6 is 23.4 Å². The van der Waals surface area contributed by atoms with Crippen molar-refractivity contribution in [3.05, 3.63) is 5.28 Å². The van der Waals surface area contributed by atoms with Crippen LogP contribution < -0.4 is 11.1 Å². The van der Waals surface area contributed by atoms with Crippen molar-refractivity contribution in [2.24, 2.45) is 5.73 Å². The highest BCUT2D eigenvalue weighted by Crippen LogP contribution is 2.12. The molecule has 0 aromatic carbocycles. The minimum Gasteiger partial charge on any atom is -0.353 e. The van der Waals surface area contributed by atoms with Gasteiger partial charge in [-0.2, -0.15) is 15.0 Å². The zero-order valence-electron chi connectivity index (χ0n) is 7.12. The molecule has 0 unspecified atom stereocenters. The van der Waals surface area contributed by atoms with E-state index >= 15 is 0 Å². The largest absolute Gasteiger partial charge is 0.353 e. The third kappa shape index (κ3) is 3.33. The van der Waals surface area contributed by atoms with E-state index in [4.69, 9.17) is 17.3 Å². The molecule has 0 aliphatic heterocycles. The standard InChI is InChI=1S/C6H10ClN5S/c1-13-6-11-4(7)10-5(12-6)9-3-2-8/h2-3,8H2,1H3,(H,9,10,11,12). The first-order valence-corrected chi connectivity index (χ1v) is 5.26. The second-order valence-corrected chi connectivity index (χ2v) is 3.24. The highest BCUT2D eigenvalue weighted by molar-refractivity contribution is 7.98. The lowest BCUT2D eigenvalue weighted by Gasteiger charge is -2.03. The number of thioether (sulfide) groups is 1. The Bertz CT molecular complexity index is 282. The smallest absolute Gasteiger partial charge is 0.228 e. The quantitative estimate of drug-likeness (QED) is 0.723. The SMILES string of the molecule is CSc1nc(Cl)nc(NCCN)n1. The van der Waals surface area contributed by atoms with Gasteiger partial charge in [-0.1, -0.05) is 11.8 Å². The van der Waals surface area contributed by atoms with Gasteiger partial charge in [0.2, 0.25) is 11.2 Å². The lowest BCUT2D eigenvalue weighted by Crippen LogP contribution is -2.15. The van der Waals surface area contributed by atoms with Crippen LogP contribution in [0.5, 0.6) is 0 Å². The van der Waals surface area contributed by atoms with Gasteiger partial charge >= 0.3 is 0 Å². The molecule has 0 saturated carbocycles. The van der Waals surface area contributed by atoms with Crippen LogP contribution in [0, 0.1) is 0 Å². The molecule has 0 radical (unpaired) electrons. The number of hydrogen-bond acceptors (Lipinski definition) is 6. The molecule has 72 valence electrons. The van der Waals surface area contributed by atoms with Crippen LogP contribution in [-0.4, -0.2) is 34.3 Å². The normalized spacial score (nSPS) is 10.1. The van der Waals surface area contributed by atoms with Crippen LogP contribution in [0.15, 0.2) is 5.16 Å². The van der Waals surface area contributed by atoms with Crippen LogP contribution in [0.4, 0.5) is 5.95 Å². The summed E-state index contributed by atoms with van der Waals surface area (Å²) in [4.78, 5) is 11.9. The highest BCUT2D eigenvalue weighted by atomic mass is 35.5. The average Bonchev–Trinajstić information content (AvgIpc) is 2.14. The molecular weight excluding hydrogens is 210 g/mol. The van der Waals surface area contributed by atoms with Gasteiger partial charge in [0, 0.05) is 13.1 Å². The van der Waals surface area contributed by atoms with Crippen LogP contribution in [0.1, 0.15) is 0 Å². The summed E-state index contributed by atoms with van der Waals surface area (Å²) in [6.07, 6.45) is 1.87. The van der Waals surface area contributed by atoms with E-state index in [1.54, 1.807) is 0 Å². The summed E-state index contributed by atoms with van der Waals surface area (Å²) >= 11 is 7.07. The molecule has 3 N–H and O–H groups in total. The molecule has 13 heavy (non-hydrogen) atoms. The number of nitrogens with two attached hydrogens (primary N) is 1. The Hall–Kier alpha value is -0.590. The third-order valence-corrected chi connectivity index (χ3v) is 1.91. The third-order valence-electron chi connectivity index (χ3n) is 1.20. The van der Waals surface area contributed by atoms with Crippen molar-refractivity contribution in [2.75, 3.05) is 24.7 Å². The molecule has 0 aliphatic rings. The number of anilines is 1. The monoisotopic (exact) mass is 219 g/mol. The second kappa shape index (κ2) is 5.21.